The van der Waals surface area contributed by atoms with Crippen molar-refractivity contribution in [1.29, 1.82) is 0 Å². The van der Waals surface area contributed by atoms with Crippen LogP contribution < -0.4 is 10.6 Å². The summed E-state index contributed by atoms with van der Waals surface area (Å²) in [4.78, 5) is 0. The molecule has 2 atom stereocenters. The molecule has 3 aromatic carbocycles. The molecule has 0 aromatic heterocycles. The molecule has 0 radical (unpaired) electrons. The first-order valence-corrected chi connectivity index (χ1v) is 22.1. The third-order valence-corrected chi connectivity index (χ3v) is 14.5. The van der Waals surface area contributed by atoms with E-state index < -0.39 is 37.8 Å². The van der Waals surface area contributed by atoms with Gasteiger partial charge in [0.15, 0.2) is 16.6 Å². The molecule has 3 rings (SSSR count). The fourth-order valence-electron chi connectivity index (χ4n) is 3.86. The lowest BCUT2D eigenvalue weighted by atomic mass is 10.2. The van der Waals surface area contributed by atoms with Crippen LogP contribution in [0.3, 0.4) is 0 Å². The molecule has 0 N–H and O–H groups in total. The van der Waals surface area contributed by atoms with E-state index in [0.29, 0.717) is 6.16 Å². The minimum Gasteiger partial charge on any atom is -0.402 e. The van der Waals surface area contributed by atoms with Gasteiger partial charge in [0.05, 0.1) is 0 Å². The summed E-state index contributed by atoms with van der Waals surface area (Å²) in [5, 5.41) is 2.59. The molecule has 0 amide bonds. The lowest BCUT2D eigenvalue weighted by Gasteiger charge is -2.37. The second kappa shape index (κ2) is 11.6. The first-order valence-electron chi connectivity index (χ1n) is 11.9. The highest BCUT2D eigenvalue weighted by molar-refractivity contribution is 7.74. The van der Waals surface area contributed by atoms with Crippen molar-refractivity contribution in [3.05, 3.63) is 96.6 Å². The van der Waals surface area contributed by atoms with Crippen molar-refractivity contribution in [3.63, 3.8) is 0 Å². The molecule has 2 unspecified atom stereocenters. The largest absolute Gasteiger partial charge is 0.402 e. The average molecular weight is 529 g/mol. The van der Waals surface area contributed by atoms with Crippen molar-refractivity contribution >= 4 is 42.5 Å². The topological polar surface area (TPSA) is 35.5 Å². The minimum absolute atomic E-state index is 0.497. The maximum Gasteiger partial charge on any atom is 0.225 e. The van der Waals surface area contributed by atoms with E-state index in [9.17, 15) is 4.57 Å². The van der Waals surface area contributed by atoms with E-state index in [0.717, 1.165) is 11.7 Å². The summed E-state index contributed by atoms with van der Waals surface area (Å²) in [6.07, 6.45) is 1.29. The van der Waals surface area contributed by atoms with Crippen LogP contribution in [0.1, 0.15) is 11.4 Å². The molecule has 0 bridgehead atoms. The molecule has 0 fully saturated rings. The molecule has 0 aliphatic heterocycles. The lowest BCUT2D eigenvalue weighted by Crippen LogP contribution is -2.32. The van der Waals surface area contributed by atoms with E-state index in [1.54, 1.807) is 0 Å². The van der Waals surface area contributed by atoms with Gasteiger partial charge in [-0.25, -0.2) is 0 Å². The van der Waals surface area contributed by atoms with Gasteiger partial charge in [-0.1, -0.05) is 91.0 Å². The summed E-state index contributed by atoms with van der Waals surface area (Å²) < 4.78 is 28.2. The van der Waals surface area contributed by atoms with Crippen molar-refractivity contribution in [1.82, 2.24) is 0 Å². The zero-order valence-electron chi connectivity index (χ0n) is 21.3. The third kappa shape index (κ3) is 8.12. The van der Waals surface area contributed by atoms with Crippen LogP contribution in [-0.4, -0.2) is 29.0 Å². The van der Waals surface area contributed by atoms with Gasteiger partial charge in [-0.3, -0.25) is 4.57 Å². The molecular weight excluding hydrogens is 490 g/mol. The molecular formula is C27H38O3P2Si2. The Hall–Kier alpha value is -1.33. The molecule has 7 heteroatoms. The van der Waals surface area contributed by atoms with Gasteiger partial charge in [0, 0.05) is 6.16 Å². The van der Waals surface area contributed by atoms with E-state index in [2.05, 4.69) is 99.9 Å². The molecule has 0 heterocycles. The molecule has 0 saturated carbocycles. The first-order chi connectivity index (χ1) is 16.0. The van der Waals surface area contributed by atoms with Crippen LogP contribution in [0.15, 0.2) is 91.0 Å². The Balaban J connectivity index is 2.02. The van der Waals surface area contributed by atoms with Crippen molar-refractivity contribution in [2.45, 2.75) is 45.1 Å². The number of hydrogen-bond acceptors (Lipinski definition) is 3. The average Bonchev–Trinajstić information content (AvgIpc) is 2.78. The molecule has 3 aromatic rings. The van der Waals surface area contributed by atoms with Gasteiger partial charge in [0.25, 0.3) is 0 Å². The Labute approximate surface area is 209 Å². The van der Waals surface area contributed by atoms with Gasteiger partial charge >= 0.3 is 0 Å². The van der Waals surface area contributed by atoms with Gasteiger partial charge in [0.2, 0.25) is 7.37 Å². The maximum absolute atomic E-state index is 14.9. The smallest absolute Gasteiger partial charge is 0.225 e. The Bertz CT molecular complexity index is 1030. The normalized spacial score (nSPS) is 15.1. The highest BCUT2D eigenvalue weighted by Crippen LogP contribution is 2.63. The van der Waals surface area contributed by atoms with Crippen LogP contribution in [0.5, 0.6) is 0 Å². The molecule has 0 aliphatic carbocycles. The van der Waals surface area contributed by atoms with Gasteiger partial charge in [0.1, 0.15) is 5.85 Å². The van der Waals surface area contributed by atoms with E-state index in [-0.39, 0.29) is 0 Å². The van der Waals surface area contributed by atoms with E-state index >= 15 is 0 Å². The predicted octanol–water partition coefficient (Wildman–Crippen LogP) is 7.80. The summed E-state index contributed by atoms with van der Waals surface area (Å²) in [5.74, 6) is -0.532. The predicted molar refractivity (Wildman–Crippen MR) is 154 cm³/mol. The summed E-state index contributed by atoms with van der Waals surface area (Å²) in [5.41, 5.74) is 0.954. The van der Waals surface area contributed by atoms with E-state index in [1.165, 1.54) is 10.6 Å². The van der Waals surface area contributed by atoms with Crippen molar-refractivity contribution < 1.29 is 13.2 Å². The Morgan fingerprint density at radius 1 is 0.706 bits per heavy atom. The minimum atomic E-state index is -3.17. The van der Waals surface area contributed by atoms with Crippen LogP contribution in [0.4, 0.5) is 0 Å². The number of rotatable bonds is 11. The van der Waals surface area contributed by atoms with Crippen LogP contribution in [0.25, 0.3) is 0 Å². The van der Waals surface area contributed by atoms with E-state index in [1.807, 2.05) is 30.3 Å². The summed E-state index contributed by atoms with van der Waals surface area (Å²) >= 11 is 0. The maximum atomic E-state index is 14.9. The highest BCUT2D eigenvalue weighted by Gasteiger charge is 2.42. The Morgan fingerprint density at radius 3 is 1.56 bits per heavy atom. The SMILES string of the molecule is C[Si](C)(C)OC(c1ccccc1)P(=O)(CCP(c1ccccc1)c1ccccc1)O[Si](C)(C)C. The Morgan fingerprint density at radius 2 is 1.15 bits per heavy atom. The summed E-state index contributed by atoms with van der Waals surface area (Å²) in [6, 6.07) is 31.3. The zero-order valence-corrected chi connectivity index (χ0v) is 25.1. The fourth-order valence-corrected chi connectivity index (χ4v) is 15.4. The molecule has 0 saturated heterocycles. The summed E-state index contributed by atoms with van der Waals surface area (Å²) in [7, 11) is -7.96. The third-order valence-electron chi connectivity index (χ3n) is 5.11. The lowest BCUT2D eigenvalue weighted by molar-refractivity contribution is 0.254. The van der Waals surface area contributed by atoms with Crippen LogP contribution in [0.2, 0.25) is 39.3 Å². The monoisotopic (exact) mass is 528 g/mol. The van der Waals surface area contributed by atoms with Crippen LogP contribution in [0, 0.1) is 0 Å². The molecule has 182 valence electrons. The second-order valence-corrected chi connectivity index (χ2v) is 24.6. The van der Waals surface area contributed by atoms with Gasteiger partial charge < -0.3 is 8.64 Å². The molecule has 34 heavy (non-hydrogen) atoms. The Kier molecular flexibility index (Phi) is 9.31. The zero-order chi connectivity index (χ0) is 24.8. The molecule has 0 aliphatic rings. The number of benzene rings is 3. The quantitative estimate of drug-likeness (QED) is 0.188. The van der Waals surface area contributed by atoms with Gasteiger partial charge in [-0.15, -0.1) is 0 Å². The first kappa shape index (κ1) is 27.3. The van der Waals surface area contributed by atoms with Crippen LogP contribution in [-0.2, 0) is 13.2 Å². The standard InChI is InChI=1S/C27H38O3P2Si2/c1-33(2,3)29-27(24-16-10-7-11-17-24)32(28,30-34(4,5)6)23-22-31(25-18-12-8-13-19-25)26-20-14-9-15-21-26/h7-21,27H,22-23H2,1-6H3. The van der Waals surface area contributed by atoms with Crippen molar-refractivity contribution in [2.75, 3.05) is 12.3 Å². The van der Waals surface area contributed by atoms with Crippen molar-refractivity contribution in [2.24, 2.45) is 0 Å². The van der Waals surface area contributed by atoms with E-state index in [4.69, 9.17) is 8.64 Å². The fraction of sp³-hybridized carbons (Fsp3) is 0.333. The van der Waals surface area contributed by atoms with Crippen molar-refractivity contribution in [3.8, 4) is 0 Å². The molecule has 3 nitrogen and oxygen atoms in total. The van der Waals surface area contributed by atoms with Gasteiger partial charge in [-0.05, 0) is 69.5 Å². The van der Waals surface area contributed by atoms with Crippen LogP contribution >= 0.6 is 15.3 Å². The number of hydrogen-bond donors (Lipinski definition) is 0. The second-order valence-electron chi connectivity index (χ2n) is 10.5. The highest BCUT2D eigenvalue weighted by atomic mass is 31.2. The van der Waals surface area contributed by atoms with Gasteiger partial charge in [-0.2, -0.15) is 0 Å². The molecule has 0 spiro atoms. The summed E-state index contributed by atoms with van der Waals surface area (Å²) in [6.45, 7) is 12.8.